The molecule has 1 amide bonds. The van der Waals surface area contributed by atoms with Crippen LogP contribution in [0.1, 0.15) is 42.7 Å². The molecule has 0 atom stereocenters. The normalized spacial score (nSPS) is 9.89. The number of aromatic nitrogens is 1. The third-order valence-electron chi connectivity index (χ3n) is 3.01. The van der Waals surface area contributed by atoms with Crippen molar-refractivity contribution in [3.8, 4) is 11.8 Å². The predicted octanol–water partition coefficient (Wildman–Crippen LogP) is 1.59. The number of carbonyl (C=O) groups is 1. The Kier molecular flexibility index (Phi) is 6.62. The van der Waals surface area contributed by atoms with E-state index >= 15 is 0 Å². The number of aliphatic hydroxyl groups is 1. The maximum atomic E-state index is 11.9. The Morgan fingerprint density at radius 3 is 2.68 bits per heavy atom. The van der Waals surface area contributed by atoms with Gasteiger partial charge in [0.05, 0.1) is 0 Å². The molecule has 0 bridgehead atoms. The minimum atomic E-state index is -0.183. The molecule has 1 rings (SSSR count). The largest absolute Gasteiger partial charge is 0.384 e. The van der Waals surface area contributed by atoms with Gasteiger partial charge in [-0.2, -0.15) is 0 Å². The van der Waals surface area contributed by atoms with Gasteiger partial charge in [0.25, 0.3) is 5.91 Å². The molecular formula is C15H20N2O2. The van der Waals surface area contributed by atoms with Crippen LogP contribution in [0, 0.1) is 17.8 Å². The van der Waals surface area contributed by atoms with Gasteiger partial charge in [-0.1, -0.05) is 38.5 Å². The molecular weight excluding hydrogens is 240 g/mol. The Morgan fingerprint density at radius 2 is 2.16 bits per heavy atom. The van der Waals surface area contributed by atoms with E-state index in [0.717, 1.165) is 12.8 Å². The average molecular weight is 260 g/mol. The molecule has 1 heterocycles. The number of hydrogen-bond acceptors (Lipinski definition) is 3. The molecule has 0 radical (unpaired) electrons. The van der Waals surface area contributed by atoms with Gasteiger partial charge in [-0.3, -0.25) is 4.79 Å². The summed E-state index contributed by atoms with van der Waals surface area (Å²) in [5.41, 5.74) is 1.08. The van der Waals surface area contributed by atoms with Crippen LogP contribution in [0.3, 0.4) is 0 Å². The number of nitrogens with one attached hydrogen (secondary N) is 1. The quantitative estimate of drug-likeness (QED) is 0.790. The van der Waals surface area contributed by atoms with E-state index in [1.54, 1.807) is 12.1 Å². The van der Waals surface area contributed by atoms with Crippen LogP contribution in [-0.4, -0.2) is 29.1 Å². The fraction of sp³-hybridized carbons (Fsp3) is 0.467. The van der Waals surface area contributed by atoms with Crippen molar-refractivity contribution in [1.29, 1.82) is 0 Å². The minimum absolute atomic E-state index is 0.159. The topological polar surface area (TPSA) is 62.2 Å². The van der Waals surface area contributed by atoms with Crippen LogP contribution in [0.25, 0.3) is 0 Å². The lowest BCUT2D eigenvalue weighted by atomic mass is 10.0. The van der Waals surface area contributed by atoms with Crippen molar-refractivity contribution >= 4 is 5.91 Å². The van der Waals surface area contributed by atoms with E-state index in [9.17, 15) is 4.79 Å². The van der Waals surface area contributed by atoms with Gasteiger partial charge >= 0.3 is 0 Å². The van der Waals surface area contributed by atoms with Crippen LogP contribution in [-0.2, 0) is 0 Å². The fourth-order valence-corrected chi connectivity index (χ4v) is 1.65. The summed E-state index contributed by atoms with van der Waals surface area (Å²) in [5.74, 6) is 5.62. The lowest BCUT2D eigenvalue weighted by Gasteiger charge is -2.12. The van der Waals surface area contributed by atoms with Crippen LogP contribution >= 0.6 is 0 Å². The van der Waals surface area contributed by atoms with Crippen molar-refractivity contribution in [1.82, 2.24) is 10.3 Å². The third-order valence-corrected chi connectivity index (χ3v) is 3.01. The summed E-state index contributed by atoms with van der Waals surface area (Å²) in [6.07, 6.45) is 3.65. The maximum absolute atomic E-state index is 11.9. The highest BCUT2D eigenvalue weighted by Gasteiger charge is 2.09. The van der Waals surface area contributed by atoms with Crippen LogP contribution in [0.5, 0.6) is 0 Å². The Hall–Kier alpha value is -1.86. The molecule has 0 aliphatic carbocycles. The Balaban J connectivity index is 2.58. The Morgan fingerprint density at radius 1 is 1.42 bits per heavy atom. The van der Waals surface area contributed by atoms with E-state index in [2.05, 4.69) is 36.0 Å². The summed E-state index contributed by atoms with van der Waals surface area (Å²) in [6.45, 7) is 4.73. The predicted molar refractivity (Wildman–Crippen MR) is 74.6 cm³/mol. The third kappa shape index (κ3) is 5.11. The number of hydrogen-bond donors (Lipinski definition) is 2. The molecule has 0 saturated heterocycles. The molecule has 0 aromatic carbocycles. The van der Waals surface area contributed by atoms with E-state index in [4.69, 9.17) is 5.11 Å². The van der Waals surface area contributed by atoms with Crippen LogP contribution in [0.2, 0.25) is 0 Å². The van der Waals surface area contributed by atoms with E-state index < -0.39 is 0 Å². The van der Waals surface area contributed by atoms with Gasteiger partial charge in [0, 0.05) is 18.3 Å². The van der Waals surface area contributed by atoms with Crippen molar-refractivity contribution in [3.05, 3.63) is 29.6 Å². The number of rotatable bonds is 5. The second-order valence-corrected chi connectivity index (χ2v) is 4.28. The first-order valence-electron chi connectivity index (χ1n) is 6.55. The number of nitrogens with zero attached hydrogens (tertiary/aromatic N) is 1. The maximum Gasteiger partial charge on any atom is 0.269 e. The van der Waals surface area contributed by atoms with Crippen LogP contribution < -0.4 is 5.32 Å². The van der Waals surface area contributed by atoms with Gasteiger partial charge in [-0.05, 0) is 18.1 Å². The SMILES string of the molecule is CCC(CC)CNC(=O)c1ccc(C#CCO)cn1. The molecule has 0 unspecified atom stereocenters. The van der Waals surface area contributed by atoms with Crippen molar-refractivity contribution in [3.63, 3.8) is 0 Å². The smallest absolute Gasteiger partial charge is 0.269 e. The molecule has 4 heteroatoms. The number of pyridine rings is 1. The second kappa shape index (κ2) is 8.28. The van der Waals surface area contributed by atoms with Gasteiger partial charge in [-0.15, -0.1) is 0 Å². The molecule has 4 nitrogen and oxygen atoms in total. The standard InChI is InChI=1S/C15H20N2O2/c1-3-12(4-2)10-17-15(19)14-8-7-13(11-16-14)6-5-9-18/h7-8,11-12,18H,3-4,9-10H2,1-2H3,(H,17,19). The number of carbonyl (C=O) groups excluding carboxylic acids is 1. The molecule has 1 aromatic heterocycles. The summed E-state index contributed by atoms with van der Waals surface area (Å²) >= 11 is 0. The lowest BCUT2D eigenvalue weighted by molar-refractivity contribution is 0.0941. The van der Waals surface area contributed by atoms with Crippen LogP contribution in [0.4, 0.5) is 0 Å². The lowest BCUT2D eigenvalue weighted by Crippen LogP contribution is -2.29. The van der Waals surface area contributed by atoms with E-state index in [-0.39, 0.29) is 12.5 Å². The molecule has 0 aliphatic heterocycles. The molecule has 0 fully saturated rings. The summed E-state index contributed by atoms with van der Waals surface area (Å²) in [6, 6.07) is 3.37. The Bertz CT molecular complexity index is 453. The molecule has 0 spiro atoms. The fourth-order valence-electron chi connectivity index (χ4n) is 1.65. The van der Waals surface area contributed by atoms with Crippen molar-refractivity contribution in [2.24, 2.45) is 5.92 Å². The van der Waals surface area contributed by atoms with E-state index in [1.807, 2.05) is 0 Å². The summed E-state index contributed by atoms with van der Waals surface area (Å²) in [4.78, 5) is 15.9. The van der Waals surface area contributed by atoms with Gasteiger partial charge in [0.1, 0.15) is 12.3 Å². The van der Waals surface area contributed by atoms with Gasteiger partial charge < -0.3 is 10.4 Å². The highest BCUT2D eigenvalue weighted by Crippen LogP contribution is 2.06. The highest BCUT2D eigenvalue weighted by atomic mass is 16.2. The first kappa shape index (κ1) is 15.2. The van der Waals surface area contributed by atoms with Gasteiger partial charge in [-0.25, -0.2) is 4.98 Å². The van der Waals surface area contributed by atoms with Crippen molar-refractivity contribution in [2.45, 2.75) is 26.7 Å². The van der Waals surface area contributed by atoms with Gasteiger partial charge in [0.15, 0.2) is 0 Å². The first-order valence-corrected chi connectivity index (χ1v) is 6.55. The second-order valence-electron chi connectivity index (χ2n) is 4.28. The summed E-state index contributed by atoms with van der Waals surface area (Å²) in [5, 5.41) is 11.5. The Labute approximate surface area is 114 Å². The number of amides is 1. The minimum Gasteiger partial charge on any atom is -0.384 e. The molecule has 2 N–H and O–H groups in total. The molecule has 19 heavy (non-hydrogen) atoms. The molecule has 1 aromatic rings. The van der Waals surface area contributed by atoms with E-state index in [0.29, 0.717) is 23.7 Å². The highest BCUT2D eigenvalue weighted by molar-refractivity contribution is 5.92. The van der Waals surface area contributed by atoms with Crippen LogP contribution in [0.15, 0.2) is 18.3 Å². The number of aliphatic hydroxyl groups excluding tert-OH is 1. The first-order chi connectivity index (χ1) is 9.21. The van der Waals surface area contributed by atoms with Crippen molar-refractivity contribution < 1.29 is 9.90 Å². The monoisotopic (exact) mass is 260 g/mol. The summed E-state index contributed by atoms with van der Waals surface area (Å²) in [7, 11) is 0. The summed E-state index contributed by atoms with van der Waals surface area (Å²) < 4.78 is 0. The van der Waals surface area contributed by atoms with Crippen molar-refractivity contribution in [2.75, 3.05) is 13.2 Å². The zero-order chi connectivity index (χ0) is 14.1. The molecule has 0 aliphatic rings. The molecule has 102 valence electrons. The average Bonchev–Trinajstić information content (AvgIpc) is 2.46. The van der Waals surface area contributed by atoms with Gasteiger partial charge in [0.2, 0.25) is 0 Å². The molecule has 0 saturated carbocycles. The van der Waals surface area contributed by atoms with E-state index in [1.165, 1.54) is 6.20 Å². The zero-order valence-corrected chi connectivity index (χ0v) is 11.4. The zero-order valence-electron chi connectivity index (χ0n) is 11.4.